The molecule has 0 bridgehead atoms. The molecule has 144 valence electrons. The van der Waals surface area contributed by atoms with Gasteiger partial charge in [0.1, 0.15) is 0 Å². The van der Waals surface area contributed by atoms with Crippen LogP contribution >= 0.6 is 11.3 Å². The number of benzene rings is 1. The monoisotopic (exact) mass is 397 g/mol. The number of urea groups is 1. The second kappa shape index (κ2) is 7.99. The van der Waals surface area contributed by atoms with E-state index in [2.05, 4.69) is 16.2 Å². The van der Waals surface area contributed by atoms with Gasteiger partial charge < -0.3 is 5.32 Å². The third-order valence-electron chi connectivity index (χ3n) is 4.24. The first kappa shape index (κ1) is 19.2. The molecule has 3 N–H and O–H groups in total. The molecule has 27 heavy (non-hydrogen) atoms. The number of anilines is 1. The second-order valence-electron chi connectivity index (χ2n) is 6.20. The van der Waals surface area contributed by atoms with Gasteiger partial charge in [0.05, 0.1) is 16.1 Å². The molecule has 1 aromatic heterocycles. The Morgan fingerprint density at radius 2 is 1.74 bits per heavy atom. The quantitative estimate of drug-likeness (QED) is 0.516. The Kier molecular flexibility index (Phi) is 5.69. The Balaban J connectivity index is 1.59. The molecule has 0 saturated carbocycles. The Bertz CT molecular complexity index is 825. The molecule has 0 spiro atoms. The predicted octanol–water partition coefficient (Wildman–Crippen LogP) is 4.50. The van der Waals surface area contributed by atoms with E-state index in [4.69, 9.17) is 0 Å². The number of halogens is 3. The second-order valence-corrected chi connectivity index (χ2v) is 7.33. The maximum absolute atomic E-state index is 12.9. The lowest BCUT2D eigenvalue weighted by atomic mass is 10.1. The van der Waals surface area contributed by atoms with Crippen LogP contribution in [0.2, 0.25) is 0 Å². The maximum atomic E-state index is 12.9. The van der Waals surface area contributed by atoms with Gasteiger partial charge in [0.15, 0.2) is 0 Å². The van der Waals surface area contributed by atoms with Crippen molar-refractivity contribution < 1.29 is 22.8 Å². The van der Waals surface area contributed by atoms with Crippen LogP contribution < -0.4 is 16.2 Å². The van der Waals surface area contributed by atoms with Gasteiger partial charge in [0, 0.05) is 4.88 Å². The van der Waals surface area contributed by atoms with E-state index in [1.165, 1.54) is 34.8 Å². The lowest BCUT2D eigenvalue weighted by Crippen LogP contribution is -2.43. The normalized spacial score (nSPS) is 14.0. The van der Waals surface area contributed by atoms with Gasteiger partial charge in [-0.15, -0.1) is 11.3 Å². The topological polar surface area (TPSA) is 70.2 Å². The van der Waals surface area contributed by atoms with Gasteiger partial charge in [-0.1, -0.05) is 18.6 Å². The van der Waals surface area contributed by atoms with E-state index in [0.717, 1.165) is 43.4 Å². The van der Waals surface area contributed by atoms with Gasteiger partial charge in [-0.3, -0.25) is 10.2 Å². The number of thiophene rings is 1. The third-order valence-corrected chi connectivity index (χ3v) is 5.48. The van der Waals surface area contributed by atoms with E-state index >= 15 is 0 Å². The Labute approximate surface area is 157 Å². The van der Waals surface area contributed by atoms with Crippen LogP contribution in [-0.4, -0.2) is 11.9 Å². The van der Waals surface area contributed by atoms with E-state index in [1.54, 1.807) is 0 Å². The Hall–Kier alpha value is -2.55. The minimum atomic E-state index is -4.60. The van der Waals surface area contributed by atoms with Crippen LogP contribution in [0.3, 0.4) is 0 Å². The summed E-state index contributed by atoms with van der Waals surface area (Å²) in [7, 11) is 0. The summed E-state index contributed by atoms with van der Waals surface area (Å²) >= 11 is 1.39. The Morgan fingerprint density at radius 1 is 1.00 bits per heavy atom. The fourth-order valence-electron chi connectivity index (χ4n) is 2.95. The largest absolute Gasteiger partial charge is 0.418 e. The number of hydrogen-bond acceptors (Lipinski definition) is 3. The number of para-hydroxylation sites is 1. The molecular weight excluding hydrogens is 379 g/mol. The van der Waals surface area contributed by atoms with Crippen molar-refractivity contribution in [1.29, 1.82) is 0 Å². The van der Waals surface area contributed by atoms with E-state index in [1.807, 2.05) is 6.07 Å². The zero-order valence-corrected chi connectivity index (χ0v) is 15.1. The maximum Gasteiger partial charge on any atom is 0.418 e. The number of aryl methyl sites for hydroxylation is 2. The minimum Gasteiger partial charge on any atom is -0.306 e. The van der Waals surface area contributed by atoms with Crippen LogP contribution in [0.25, 0.3) is 0 Å². The van der Waals surface area contributed by atoms with Gasteiger partial charge in [-0.05, 0) is 49.4 Å². The molecule has 0 radical (unpaired) electrons. The number of carbonyl (C=O) groups excluding carboxylic acids is 2. The zero-order chi connectivity index (χ0) is 19.4. The van der Waals surface area contributed by atoms with Crippen LogP contribution in [0, 0.1) is 0 Å². The molecule has 3 amide bonds. The van der Waals surface area contributed by atoms with Crippen molar-refractivity contribution in [1.82, 2.24) is 10.9 Å². The molecule has 0 aliphatic heterocycles. The van der Waals surface area contributed by atoms with Crippen molar-refractivity contribution in [2.24, 2.45) is 0 Å². The van der Waals surface area contributed by atoms with Crippen molar-refractivity contribution in [3.05, 3.63) is 51.2 Å². The highest BCUT2D eigenvalue weighted by atomic mass is 32.1. The molecule has 2 aromatic rings. The number of carbonyl (C=O) groups is 2. The highest BCUT2D eigenvalue weighted by molar-refractivity contribution is 7.14. The number of alkyl halides is 3. The molecule has 1 aromatic carbocycles. The van der Waals surface area contributed by atoms with Gasteiger partial charge >= 0.3 is 12.2 Å². The van der Waals surface area contributed by atoms with Crippen LogP contribution in [0.1, 0.15) is 44.9 Å². The average molecular weight is 397 g/mol. The number of amides is 3. The van der Waals surface area contributed by atoms with Crippen molar-refractivity contribution in [2.75, 3.05) is 5.32 Å². The van der Waals surface area contributed by atoms with Crippen molar-refractivity contribution >= 4 is 29.0 Å². The molecule has 1 aliphatic rings. The van der Waals surface area contributed by atoms with Crippen LogP contribution in [0.4, 0.5) is 23.7 Å². The van der Waals surface area contributed by atoms with Crippen molar-refractivity contribution in [3.63, 3.8) is 0 Å². The minimum absolute atomic E-state index is 0.389. The average Bonchev–Trinajstić information content (AvgIpc) is 2.90. The molecule has 0 atom stereocenters. The lowest BCUT2D eigenvalue weighted by Gasteiger charge is -2.14. The zero-order valence-electron chi connectivity index (χ0n) is 14.3. The number of hydrogen-bond donors (Lipinski definition) is 3. The number of rotatable bonds is 2. The van der Waals surface area contributed by atoms with E-state index in [0.29, 0.717) is 4.88 Å². The predicted molar refractivity (Wildman–Crippen MR) is 96.6 cm³/mol. The highest BCUT2D eigenvalue weighted by Crippen LogP contribution is 2.34. The van der Waals surface area contributed by atoms with Crippen molar-refractivity contribution in [2.45, 2.75) is 38.3 Å². The van der Waals surface area contributed by atoms with Gasteiger partial charge in [0.25, 0.3) is 5.91 Å². The molecule has 3 rings (SSSR count). The number of nitrogens with one attached hydrogen (secondary N) is 3. The summed E-state index contributed by atoms with van der Waals surface area (Å²) in [6.07, 6.45) is 0.626. The molecule has 0 unspecified atom stereocenters. The fourth-order valence-corrected chi connectivity index (χ4v) is 4.10. The number of fused-ring (bicyclic) bond motifs is 1. The van der Waals surface area contributed by atoms with Gasteiger partial charge in [0.2, 0.25) is 0 Å². The summed E-state index contributed by atoms with van der Waals surface area (Å²) in [6.45, 7) is 0. The highest BCUT2D eigenvalue weighted by Gasteiger charge is 2.33. The summed E-state index contributed by atoms with van der Waals surface area (Å²) in [5.74, 6) is -0.493. The van der Waals surface area contributed by atoms with E-state index in [-0.39, 0.29) is 5.69 Å². The first-order valence-corrected chi connectivity index (χ1v) is 9.31. The number of hydrazine groups is 1. The fraction of sp³-hybridized carbons (Fsp3) is 0.333. The molecule has 5 nitrogen and oxygen atoms in total. The molecule has 1 heterocycles. The molecule has 0 saturated heterocycles. The summed E-state index contributed by atoms with van der Waals surface area (Å²) in [4.78, 5) is 25.7. The van der Waals surface area contributed by atoms with E-state index < -0.39 is 23.7 Å². The molecule has 0 fully saturated rings. The molecular formula is C18H18F3N3O2S. The first-order valence-electron chi connectivity index (χ1n) is 8.50. The summed E-state index contributed by atoms with van der Waals surface area (Å²) < 4.78 is 38.8. The van der Waals surface area contributed by atoms with E-state index in [9.17, 15) is 22.8 Å². The van der Waals surface area contributed by atoms with Gasteiger partial charge in [-0.25, -0.2) is 10.2 Å². The first-order chi connectivity index (χ1) is 12.8. The smallest absolute Gasteiger partial charge is 0.306 e. The lowest BCUT2D eigenvalue weighted by molar-refractivity contribution is -0.136. The van der Waals surface area contributed by atoms with Crippen LogP contribution in [0.15, 0.2) is 30.3 Å². The SMILES string of the molecule is O=C(NNC(=O)c1cc2c(s1)CCCCC2)Nc1ccccc1C(F)(F)F. The molecule has 9 heteroatoms. The standard InChI is InChI=1S/C18H18F3N3O2S/c19-18(20,21)12-7-4-5-8-13(12)22-17(26)24-23-16(25)15-10-11-6-2-1-3-9-14(11)27-15/h4-5,7-8,10H,1-3,6,9H2,(H,23,25)(H2,22,24,26). The Morgan fingerprint density at radius 3 is 2.52 bits per heavy atom. The third kappa shape index (κ3) is 4.79. The summed E-state index contributed by atoms with van der Waals surface area (Å²) in [6, 6.07) is 5.47. The van der Waals surface area contributed by atoms with Crippen LogP contribution in [-0.2, 0) is 19.0 Å². The van der Waals surface area contributed by atoms with Crippen LogP contribution in [0.5, 0.6) is 0 Å². The summed E-state index contributed by atoms with van der Waals surface area (Å²) in [5, 5.41) is 2.10. The van der Waals surface area contributed by atoms with Crippen molar-refractivity contribution in [3.8, 4) is 0 Å². The molecule has 1 aliphatic carbocycles. The summed E-state index contributed by atoms with van der Waals surface area (Å²) in [5.41, 5.74) is 4.13. The van der Waals surface area contributed by atoms with Gasteiger partial charge in [-0.2, -0.15) is 13.2 Å².